The minimum absolute atomic E-state index is 0.0111. The van der Waals surface area contributed by atoms with Crippen LogP contribution in [0.5, 0.6) is 0 Å². The molecule has 1 amide bonds. The van der Waals surface area contributed by atoms with Crippen LogP contribution < -0.4 is 5.32 Å². The lowest BCUT2D eigenvalue weighted by Gasteiger charge is -2.17. The molecule has 1 aromatic rings. The molecule has 2 N–H and O–H groups in total. The molecule has 0 saturated heterocycles. The zero-order chi connectivity index (χ0) is 13.8. The van der Waals surface area contributed by atoms with E-state index in [-0.39, 0.29) is 22.4 Å². The topological polar surface area (TPSA) is 66.4 Å². The molecule has 0 fully saturated rings. The molecule has 4 nitrogen and oxygen atoms in total. The van der Waals surface area contributed by atoms with Crippen LogP contribution in [0.3, 0.4) is 0 Å². The quantitative estimate of drug-likeness (QED) is 0.834. The van der Waals surface area contributed by atoms with E-state index in [1.54, 1.807) is 6.07 Å². The van der Waals surface area contributed by atoms with Gasteiger partial charge in [0.15, 0.2) is 0 Å². The van der Waals surface area contributed by atoms with Gasteiger partial charge in [-0.15, -0.1) is 0 Å². The summed E-state index contributed by atoms with van der Waals surface area (Å²) in [6.45, 7) is 0. The van der Waals surface area contributed by atoms with Crippen molar-refractivity contribution in [3.8, 4) is 0 Å². The largest absolute Gasteiger partial charge is 0.478 e. The van der Waals surface area contributed by atoms with Gasteiger partial charge in [-0.25, -0.2) is 4.79 Å². The third kappa shape index (κ3) is 3.35. The molecule has 0 aromatic heterocycles. The van der Waals surface area contributed by atoms with Crippen LogP contribution >= 0.6 is 11.6 Å². The van der Waals surface area contributed by atoms with Gasteiger partial charge in [0.1, 0.15) is 0 Å². The molecule has 0 spiro atoms. The van der Waals surface area contributed by atoms with Crippen molar-refractivity contribution in [2.45, 2.75) is 19.3 Å². The molecule has 1 atom stereocenters. The highest BCUT2D eigenvalue weighted by atomic mass is 35.5. The lowest BCUT2D eigenvalue weighted by molar-refractivity contribution is -0.120. The average molecular weight is 280 g/mol. The van der Waals surface area contributed by atoms with Crippen molar-refractivity contribution in [2.24, 2.45) is 5.92 Å². The number of amides is 1. The number of aromatic carboxylic acids is 1. The zero-order valence-electron chi connectivity index (χ0n) is 10.2. The summed E-state index contributed by atoms with van der Waals surface area (Å²) in [6, 6.07) is 4.45. The summed E-state index contributed by atoms with van der Waals surface area (Å²) in [5.41, 5.74) is 0.448. The van der Waals surface area contributed by atoms with Crippen LogP contribution in [-0.2, 0) is 4.79 Å². The van der Waals surface area contributed by atoms with Gasteiger partial charge in [0, 0.05) is 11.6 Å². The number of hydrogen-bond donors (Lipinski definition) is 2. The maximum absolute atomic E-state index is 12.0. The Morgan fingerprint density at radius 2 is 2.11 bits per heavy atom. The first kappa shape index (κ1) is 13.6. The highest BCUT2D eigenvalue weighted by Crippen LogP contribution is 2.23. The van der Waals surface area contributed by atoms with E-state index in [9.17, 15) is 9.59 Å². The summed E-state index contributed by atoms with van der Waals surface area (Å²) in [7, 11) is 0. The van der Waals surface area contributed by atoms with E-state index in [1.165, 1.54) is 12.1 Å². The van der Waals surface area contributed by atoms with Gasteiger partial charge in [0.2, 0.25) is 5.91 Å². The van der Waals surface area contributed by atoms with Gasteiger partial charge in [-0.2, -0.15) is 0 Å². The molecule has 1 unspecified atom stereocenters. The van der Waals surface area contributed by atoms with Gasteiger partial charge in [-0.3, -0.25) is 4.79 Å². The molecule has 2 rings (SSSR count). The second-order valence-electron chi connectivity index (χ2n) is 4.47. The highest BCUT2D eigenvalue weighted by molar-refractivity contribution is 6.33. The van der Waals surface area contributed by atoms with Crippen molar-refractivity contribution in [3.05, 3.63) is 40.9 Å². The molecule has 0 heterocycles. The maximum Gasteiger partial charge on any atom is 0.337 e. The molecule has 1 aromatic carbocycles. The number of halogens is 1. The molecule has 19 heavy (non-hydrogen) atoms. The van der Waals surface area contributed by atoms with Gasteiger partial charge in [0.25, 0.3) is 0 Å². The fourth-order valence-corrected chi connectivity index (χ4v) is 2.24. The molecule has 1 aliphatic rings. The van der Waals surface area contributed by atoms with Gasteiger partial charge < -0.3 is 10.4 Å². The summed E-state index contributed by atoms with van der Waals surface area (Å²) in [4.78, 5) is 23.0. The molecule has 5 heteroatoms. The summed E-state index contributed by atoms with van der Waals surface area (Å²) >= 11 is 5.77. The lowest BCUT2D eigenvalue weighted by Crippen LogP contribution is -2.23. The predicted octanol–water partition coefficient (Wildman–Crippen LogP) is 3.33. The fourth-order valence-electron chi connectivity index (χ4n) is 2.04. The summed E-state index contributed by atoms with van der Waals surface area (Å²) < 4.78 is 0. The van der Waals surface area contributed by atoms with Crippen LogP contribution in [0.15, 0.2) is 30.4 Å². The third-order valence-corrected chi connectivity index (χ3v) is 3.43. The van der Waals surface area contributed by atoms with Crippen LogP contribution in [0.2, 0.25) is 5.02 Å². The summed E-state index contributed by atoms with van der Waals surface area (Å²) in [5, 5.41) is 11.9. The number of carboxylic acids is 1. The molecule has 0 radical (unpaired) electrons. The van der Waals surface area contributed by atoms with E-state index in [4.69, 9.17) is 16.7 Å². The van der Waals surface area contributed by atoms with Crippen molar-refractivity contribution in [3.63, 3.8) is 0 Å². The Morgan fingerprint density at radius 3 is 2.74 bits per heavy atom. The second-order valence-corrected chi connectivity index (χ2v) is 4.88. The fraction of sp³-hybridized carbons (Fsp3) is 0.286. The first-order valence-corrected chi connectivity index (χ1v) is 6.44. The number of benzene rings is 1. The van der Waals surface area contributed by atoms with Crippen molar-refractivity contribution in [1.29, 1.82) is 0 Å². The first-order valence-electron chi connectivity index (χ1n) is 6.06. The lowest BCUT2D eigenvalue weighted by atomic mass is 9.93. The molecule has 0 saturated carbocycles. The average Bonchev–Trinajstić information content (AvgIpc) is 2.41. The van der Waals surface area contributed by atoms with Gasteiger partial charge >= 0.3 is 5.97 Å². The number of anilines is 1. The van der Waals surface area contributed by atoms with Gasteiger partial charge in [-0.1, -0.05) is 23.8 Å². The highest BCUT2D eigenvalue weighted by Gasteiger charge is 2.19. The molecule has 0 bridgehead atoms. The number of nitrogens with one attached hydrogen (secondary N) is 1. The van der Waals surface area contributed by atoms with Crippen molar-refractivity contribution >= 4 is 29.2 Å². The van der Waals surface area contributed by atoms with Crippen LogP contribution in [0.4, 0.5) is 5.69 Å². The monoisotopic (exact) mass is 279 g/mol. The SMILES string of the molecule is O=C(O)c1cc(NC(=O)C2CC=CCC2)ccc1Cl. The van der Waals surface area contributed by atoms with E-state index in [1.807, 2.05) is 6.08 Å². The van der Waals surface area contributed by atoms with Crippen LogP contribution in [0.1, 0.15) is 29.6 Å². The van der Waals surface area contributed by atoms with Crippen LogP contribution in [-0.4, -0.2) is 17.0 Å². The van der Waals surface area contributed by atoms with E-state index in [0.717, 1.165) is 19.3 Å². The van der Waals surface area contributed by atoms with Crippen molar-refractivity contribution in [1.82, 2.24) is 0 Å². The number of hydrogen-bond acceptors (Lipinski definition) is 2. The third-order valence-electron chi connectivity index (χ3n) is 3.10. The minimum Gasteiger partial charge on any atom is -0.478 e. The van der Waals surface area contributed by atoms with E-state index >= 15 is 0 Å². The van der Waals surface area contributed by atoms with Crippen LogP contribution in [0, 0.1) is 5.92 Å². The van der Waals surface area contributed by atoms with Crippen LogP contribution in [0.25, 0.3) is 0 Å². The Labute approximate surface area is 116 Å². The summed E-state index contributed by atoms with van der Waals surface area (Å²) in [5.74, 6) is -1.24. The number of carboxylic acid groups (broad SMARTS) is 1. The zero-order valence-corrected chi connectivity index (χ0v) is 11.0. The van der Waals surface area contributed by atoms with Gasteiger partial charge in [-0.05, 0) is 37.5 Å². The Hall–Kier alpha value is -1.81. The molecule has 100 valence electrons. The van der Waals surface area contributed by atoms with E-state index < -0.39 is 5.97 Å². The first-order chi connectivity index (χ1) is 9.08. The minimum atomic E-state index is -1.11. The number of rotatable bonds is 3. The van der Waals surface area contributed by atoms with E-state index in [0.29, 0.717) is 5.69 Å². The maximum atomic E-state index is 12.0. The Balaban J connectivity index is 2.10. The molecular weight excluding hydrogens is 266 g/mol. The Kier molecular flexibility index (Phi) is 4.22. The Bertz CT molecular complexity index is 539. The predicted molar refractivity (Wildman–Crippen MR) is 73.5 cm³/mol. The Morgan fingerprint density at radius 1 is 1.32 bits per heavy atom. The molecule has 1 aliphatic carbocycles. The number of allylic oxidation sites excluding steroid dienone is 2. The number of carbonyl (C=O) groups excluding carboxylic acids is 1. The normalized spacial score (nSPS) is 18.1. The summed E-state index contributed by atoms with van der Waals surface area (Å²) in [6.07, 6.45) is 6.51. The molecular formula is C14H14ClNO3. The smallest absolute Gasteiger partial charge is 0.337 e. The van der Waals surface area contributed by atoms with Crippen molar-refractivity contribution in [2.75, 3.05) is 5.32 Å². The standard InChI is InChI=1S/C14H14ClNO3/c15-12-7-6-10(8-11(12)14(18)19)16-13(17)9-4-2-1-3-5-9/h1-2,6-9H,3-5H2,(H,16,17)(H,18,19). The van der Waals surface area contributed by atoms with Gasteiger partial charge in [0.05, 0.1) is 10.6 Å². The van der Waals surface area contributed by atoms with Crippen molar-refractivity contribution < 1.29 is 14.7 Å². The van der Waals surface area contributed by atoms with E-state index in [2.05, 4.69) is 11.4 Å². The number of carbonyl (C=O) groups is 2. The second kappa shape index (κ2) is 5.89. The molecule has 0 aliphatic heterocycles.